The molecule has 15 heavy (non-hydrogen) atoms. The Kier molecular flexibility index (Phi) is 5.07. The smallest absolute Gasteiger partial charge is 0.0636 e. The van der Waals surface area contributed by atoms with Crippen LogP contribution in [0.15, 0.2) is 0 Å². The predicted octanol–water partition coefficient (Wildman–Crippen LogP) is 2.56. The van der Waals surface area contributed by atoms with Gasteiger partial charge in [0.2, 0.25) is 0 Å². The Labute approximate surface area is 94.5 Å². The highest BCUT2D eigenvalue weighted by Crippen LogP contribution is 2.42. The number of aliphatic hydroxyl groups is 1. The van der Waals surface area contributed by atoms with Crippen LogP contribution in [0.25, 0.3) is 0 Å². The highest BCUT2D eigenvalue weighted by molar-refractivity contribution is 4.87. The summed E-state index contributed by atoms with van der Waals surface area (Å²) in [6.07, 6.45) is 6.64. The zero-order valence-corrected chi connectivity index (χ0v) is 10.6. The maximum absolute atomic E-state index is 9.23. The van der Waals surface area contributed by atoms with E-state index in [1.165, 1.54) is 32.1 Å². The average Bonchev–Trinajstić information content (AvgIpc) is 2.51. The van der Waals surface area contributed by atoms with Crippen LogP contribution in [0.2, 0.25) is 0 Å². The van der Waals surface area contributed by atoms with Gasteiger partial charge in [-0.2, -0.15) is 0 Å². The van der Waals surface area contributed by atoms with E-state index in [1.54, 1.807) is 0 Å². The number of hydrogen-bond donors (Lipinski definition) is 2. The largest absolute Gasteiger partial charge is 0.392 e. The van der Waals surface area contributed by atoms with E-state index >= 15 is 0 Å². The molecule has 0 radical (unpaired) electrons. The van der Waals surface area contributed by atoms with Gasteiger partial charge < -0.3 is 10.4 Å². The van der Waals surface area contributed by atoms with Gasteiger partial charge in [-0.3, -0.25) is 0 Å². The Hall–Kier alpha value is -0.0800. The SMILES string of the molecule is CC(C)CC1(CNC[C@H](C)O)CCCC1. The third-order valence-electron chi connectivity index (χ3n) is 3.45. The number of rotatable bonds is 6. The molecule has 0 aromatic rings. The van der Waals surface area contributed by atoms with Crippen LogP contribution in [-0.4, -0.2) is 24.3 Å². The van der Waals surface area contributed by atoms with Crippen LogP contribution in [0.4, 0.5) is 0 Å². The second-order valence-corrected chi connectivity index (χ2v) is 5.78. The normalized spacial score (nSPS) is 22.2. The Balaban J connectivity index is 2.36. The first kappa shape index (κ1) is 13.0. The molecule has 0 bridgehead atoms. The van der Waals surface area contributed by atoms with Crippen molar-refractivity contribution in [3.8, 4) is 0 Å². The van der Waals surface area contributed by atoms with Crippen molar-refractivity contribution < 1.29 is 5.11 Å². The zero-order chi connectivity index (χ0) is 11.3. The van der Waals surface area contributed by atoms with Crippen LogP contribution >= 0.6 is 0 Å². The molecule has 1 fully saturated rings. The first-order valence-corrected chi connectivity index (χ1v) is 6.43. The lowest BCUT2D eigenvalue weighted by Crippen LogP contribution is -2.36. The Morgan fingerprint density at radius 2 is 1.80 bits per heavy atom. The van der Waals surface area contributed by atoms with Gasteiger partial charge in [0.1, 0.15) is 0 Å². The molecular weight excluding hydrogens is 186 g/mol. The van der Waals surface area contributed by atoms with E-state index in [1.807, 2.05) is 6.92 Å². The van der Waals surface area contributed by atoms with Gasteiger partial charge in [-0.1, -0.05) is 26.7 Å². The summed E-state index contributed by atoms with van der Waals surface area (Å²) in [6.45, 7) is 8.30. The maximum Gasteiger partial charge on any atom is 0.0636 e. The van der Waals surface area contributed by atoms with Crippen LogP contribution in [0, 0.1) is 11.3 Å². The molecule has 0 saturated heterocycles. The van der Waals surface area contributed by atoms with Crippen LogP contribution in [0.1, 0.15) is 52.9 Å². The summed E-state index contributed by atoms with van der Waals surface area (Å²) >= 11 is 0. The lowest BCUT2D eigenvalue weighted by molar-refractivity contribution is 0.171. The summed E-state index contributed by atoms with van der Waals surface area (Å²) in [5.74, 6) is 0.788. The number of nitrogens with one attached hydrogen (secondary N) is 1. The lowest BCUT2D eigenvalue weighted by atomic mass is 9.78. The van der Waals surface area contributed by atoms with E-state index < -0.39 is 0 Å². The molecule has 0 aromatic heterocycles. The van der Waals surface area contributed by atoms with Gasteiger partial charge in [0.05, 0.1) is 6.10 Å². The molecule has 0 aliphatic heterocycles. The molecule has 0 aromatic carbocycles. The van der Waals surface area contributed by atoms with Crippen molar-refractivity contribution in [1.82, 2.24) is 5.32 Å². The first-order chi connectivity index (χ1) is 7.04. The Morgan fingerprint density at radius 3 is 2.27 bits per heavy atom. The van der Waals surface area contributed by atoms with Gasteiger partial charge >= 0.3 is 0 Å². The third-order valence-corrected chi connectivity index (χ3v) is 3.45. The summed E-state index contributed by atoms with van der Waals surface area (Å²) in [7, 11) is 0. The summed E-state index contributed by atoms with van der Waals surface area (Å²) < 4.78 is 0. The van der Waals surface area contributed by atoms with Gasteiger partial charge in [0.25, 0.3) is 0 Å². The molecule has 1 atom stereocenters. The molecule has 1 rings (SSSR count). The van der Waals surface area contributed by atoms with Crippen molar-refractivity contribution in [2.45, 2.75) is 59.0 Å². The van der Waals surface area contributed by atoms with E-state index in [-0.39, 0.29) is 6.10 Å². The lowest BCUT2D eigenvalue weighted by Gasteiger charge is -2.31. The molecule has 90 valence electrons. The van der Waals surface area contributed by atoms with E-state index in [4.69, 9.17) is 0 Å². The second-order valence-electron chi connectivity index (χ2n) is 5.78. The molecule has 0 unspecified atom stereocenters. The molecular formula is C13H27NO. The molecule has 0 heterocycles. The van der Waals surface area contributed by atoms with Crippen molar-refractivity contribution in [3.05, 3.63) is 0 Å². The number of aliphatic hydroxyl groups excluding tert-OH is 1. The summed E-state index contributed by atoms with van der Waals surface area (Å²) in [5, 5.41) is 12.7. The highest BCUT2D eigenvalue weighted by atomic mass is 16.3. The molecule has 0 amide bonds. The Morgan fingerprint density at radius 1 is 1.20 bits per heavy atom. The fourth-order valence-electron chi connectivity index (χ4n) is 2.99. The minimum absolute atomic E-state index is 0.220. The van der Waals surface area contributed by atoms with E-state index in [2.05, 4.69) is 19.2 Å². The van der Waals surface area contributed by atoms with Crippen LogP contribution < -0.4 is 5.32 Å². The second kappa shape index (κ2) is 5.86. The quantitative estimate of drug-likeness (QED) is 0.711. The highest BCUT2D eigenvalue weighted by Gasteiger charge is 2.33. The molecule has 1 aliphatic rings. The molecule has 2 heteroatoms. The molecule has 1 aliphatic carbocycles. The van der Waals surface area contributed by atoms with Crippen LogP contribution in [-0.2, 0) is 0 Å². The maximum atomic E-state index is 9.23. The fourth-order valence-corrected chi connectivity index (χ4v) is 2.99. The standard InChI is InChI=1S/C13H27NO/c1-11(2)8-13(6-4-5-7-13)10-14-9-12(3)15/h11-12,14-15H,4-10H2,1-3H3/t12-/m0/s1. The number of hydrogen-bond acceptors (Lipinski definition) is 2. The van der Waals surface area contributed by atoms with Crippen LogP contribution in [0.5, 0.6) is 0 Å². The average molecular weight is 213 g/mol. The van der Waals surface area contributed by atoms with Gasteiger partial charge in [-0.15, -0.1) is 0 Å². The monoisotopic (exact) mass is 213 g/mol. The topological polar surface area (TPSA) is 32.3 Å². The predicted molar refractivity (Wildman–Crippen MR) is 64.9 cm³/mol. The van der Waals surface area contributed by atoms with Crippen LogP contribution in [0.3, 0.4) is 0 Å². The summed E-state index contributed by atoms with van der Waals surface area (Å²) in [5.41, 5.74) is 0.531. The van der Waals surface area contributed by atoms with Gasteiger partial charge in [0, 0.05) is 13.1 Å². The van der Waals surface area contributed by atoms with Crippen molar-refractivity contribution in [1.29, 1.82) is 0 Å². The third kappa shape index (κ3) is 4.52. The Bertz CT molecular complexity index is 171. The molecule has 2 N–H and O–H groups in total. The first-order valence-electron chi connectivity index (χ1n) is 6.43. The fraction of sp³-hybridized carbons (Fsp3) is 1.00. The summed E-state index contributed by atoms with van der Waals surface area (Å²) in [4.78, 5) is 0. The molecule has 1 saturated carbocycles. The van der Waals surface area contributed by atoms with Crippen molar-refractivity contribution >= 4 is 0 Å². The zero-order valence-electron chi connectivity index (χ0n) is 10.6. The van der Waals surface area contributed by atoms with E-state index in [0.29, 0.717) is 5.41 Å². The summed E-state index contributed by atoms with van der Waals surface area (Å²) in [6, 6.07) is 0. The van der Waals surface area contributed by atoms with Gasteiger partial charge in [0.15, 0.2) is 0 Å². The van der Waals surface area contributed by atoms with Crippen molar-refractivity contribution in [2.75, 3.05) is 13.1 Å². The van der Waals surface area contributed by atoms with E-state index in [9.17, 15) is 5.11 Å². The van der Waals surface area contributed by atoms with Gasteiger partial charge in [-0.25, -0.2) is 0 Å². The minimum Gasteiger partial charge on any atom is -0.392 e. The minimum atomic E-state index is -0.220. The van der Waals surface area contributed by atoms with Crippen molar-refractivity contribution in [3.63, 3.8) is 0 Å². The molecule has 0 spiro atoms. The van der Waals surface area contributed by atoms with E-state index in [0.717, 1.165) is 19.0 Å². The van der Waals surface area contributed by atoms with Gasteiger partial charge in [-0.05, 0) is 37.5 Å². The molecule has 2 nitrogen and oxygen atoms in total. The van der Waals surface area contributed by atoms with Crippen molar-refractivity contribution in [2.24, 2.45) is 11.3 Å².